The fraction of sp³-hybridized carbons (Fsp3) is 0.524. The Bertz CT molecular complexity index is 722. The van der Waals surface area contributed by atoms with E-state index in [1.807, 2.05) is 30.5 Å². The van der Waals surface area contributed by atoms with Gasteiger partial charge in [-0.15, -0.1) is 0 Å². The molecule has 2 fully saturated rings. The summed E-state index contributed by atoms with van der Waals surface area (Å²) >= 11 is 0. The Balaban J connectivity index is 1.28. The van der Waals surface area contributed by atoms with Crippen molar-refractivity contribution in [2.75, 3.05) is 42.9 Å². The van der Waals surface area contributed by atoms with Crippen LogP contribution in [0.4, 0.5) is 11.8 Å². The average molecular weight is 367 g/mol. The topological polar surface area (TPSA) is 57.4 Å². The summed E-state index contributed by atoms with van der Waals surface area (Å²) in [5.74, 6) is 2.72. The lowest BCUT2D eigenvalue weighted by Crippen LogP contribution is -2.28. The summed E-state index contributed by atoms with van der Waals surface area (Å²) in [7, 11) is 0. The van der Waals surface area contributed by atoms with Crippen molar-refractivity contribution in [3.05, 3.63) is 42.5 Å². The zero-order valence-electron chi connectivity index (χ0n) is 15.9. The Morgan fingerprint density at radius 2 is 2.04 bits per heavy atom. The normalized spacial score (nSPS) is 21.6. The standard InChI is InChI=1S/C21H29N5O/c1-2-4-14-26(13-3-1)20-9-11-22-21(24-20)23-18-10-15-25(17-18)12-5-7-19-8-6-16-27-19/h5-9,11,16,18H,1-4,10,12-15,17H2,(H,22,23,24)/b7-5+. The molecule has 27 heavy (non-hydrogen) atoms. The highest BCUT2D eigenvalue weighted by atomic mass is 16.3. The van der Waals surface area contributed by atoms with E-state index in [0.29, 0.717) is 6.04 Å². The summed E-state index contributed by atoms with van der Waals surface area (Å²) < 4.78 is 5.33. The number of hydrogen-bond donors (Lipinski definition) is 1. The maximum Gasteiger partial charge on any atom is 0.224 e. The lowest BCUT2D eigenvalue weighted by Gasteiger charge is -2.22. The van der Waals surface area contributed by atoms with E-state index < -0.39 is 0 Å². The van der Waals surface area contributed by atoms with E-state index in [2.05, 4.69) is 26.2 Å². The molecule has 0 amide bonds. The van der Waals surface area contributed by atoms with E-state index >= 15 is 0 Å². The molecule has 2 saturated heterocycles. The molecule has 6 heteroatoms. The van der Waals surface area contributed by atoms with Gasteiger partial charge < -0.3 is 14.6 Å². The van der Waals surface area contributed by atoms with Crippen molar-refractivity contribution in [1.82, 2.24) is 14.9 Å². The Morgan fingerprint density at radius 1 is 1.15 bits per heavy atom. The molecule has 4 heterocycles. The Labute approximate surface area is 161 Å². The predicted octanol–water partition coefficient (Wildman–Crippen LogP) is 3.65. The number of nitrogens with zero attached hydrogens (tertiary/aromatic N) is 4. The van der Waals surface area contributed by atoms with Gasteiger partial charge in [-0.2, -0.15) is 4.98 Å². The van der Waals surface area contributed by atoms with Crippen LogP contribution >= 0.6 is 0 Å². The summed E-state index contributed by atoms with van der Waals surface area (Å²) in [5.41, 5.74) is 0. The van der Waals surface area contributed by atoms with Crippen LogP contribution in [0.3, 0.4) is 0 Å². The molecule has 2 aliphatic rings. The van der Waals surface area contributed by atoms with Crippen LogP contribution in [0.25, 0.3) is 6.08 Å². The predicted molar refractivity (Wildman–Crippen MR) is 109 cm³/mol. The van der Waals surface area contributed by atoms with E-state index in [4.69, 9.17) is 9.40 Å². The highest BCUT2D eigenvalue weighted by Crippen LogP contribution is 2.19. The second-order valence-corrected chi connectivity index (χ2v) is 7.45. The van der Waals surface area contributed by atoms with Gasteiger partial charge in [-0.25, -0.2) is 4.98 Å². The zero-order valence-corrected chi connectivity index (χ0v) is 15.9. The zero-order chi connectivity index (χ0) is 18.3. The molecule has 144 valence electrons. The lowest BCUT2D eigenvalue weighted by molar-refractivity contribution is 0.374. The number of anilines is 2. The first-order valence-corrected chi connectivity index (χ1v) is 10.1. The van der Waals surface area contributed by atoms with Crippen molar-refractivity contribution in [3.63, 3.8) is 0 Å². The minimum Gasteiger partial charge on any atom is -0.465 e. The van der Waals surface area contributed by atoms with Crippen molar-refractivity contribution < 1.29 is 4.42 Å². The van der Waals surface area contributed by atoms with Gasteiger partial charge in [-0.1, -0.05) is 18.9 Å². The Morgan fingerprint density at radius 3 is 2.85 bits per heavy atom. The maximum absolute atomic E-state index is 5.33. The second kappa shape index (κ2) is 9.04. The number of furan rings is 1. The molecule has 0 radical (unpaired) electrons. The number of rotatable bonds is 6. The third-order valence-electron chi connectivity index (χ3n) is 5.37. The Hall–Kier alpha value is -2.34. The molecule has 6 nitrogen and oxygen atoms in total. The summed E-state index contributed by atoms with van der Waals surface area (Å²) in [4.78, 5) is 14.1. The first kappa shape index (κ1) is 18.0. The van der Waals surface area contributed by atoms with Crippen LogP contribution in [-0.4, -0.2) is 53.6 Å². The highest BCUT2D eigenvalue weighted by molar-refractivity contribution is 5.43. The van der Waals surface area contributed by atoms with Crippen LogP contribution in [0.5, 0.6) is 0 Å². The first-order chi connectivity index (χ1) is 13.4. The van der Waals surface area contributed by atoms with Crippen molar-refractivity contribution in [1.29, 1.82) is 0 Å². The van der Waals surface area contributed by atoms with E-state index in [1.54, 1.807) is 6.26 Å². The molecular formula is C21H29N5O. The molecule has 1 N–H and O–H groups in total. The van der Waals surface area contributed by atoms with Crippen LogP contribution < -0.4 is 10.2 Å². The van der Waals surface area contributed by atoms with Gasteiger partial charge >= 0.3 is 0 Å². The number of likely N-dealkylation sites (tertiary alicyclic amines) is 1. The molecule has 2 aliphatic heterocycles. The molecule has 0 aromatic carbocycles. The van der Waals surface area contributed by atoms with Gasteiger partial charge in [0.1, 0.15) is 11.6 Å². The lowest BCUT2D eigenvalue weighted by atomic mass is 10.2. The third-order valence-corrected chi connectivity index (χ3v) is 5.37. The van der Waals surface area contributed by atoms with Crippen molar-refractivity contribution >= 4 is 17.8 Å². The smallest absolute Gasteiger partial charge is 0.224 e. The summed E-state index contributed by atoms with van der Waals surface area (Å²) in [6, 6.07) is 6.33. The molecule has 4 rings (SSSR count). The van der Waals surface area contributed by atoms with Gasteiger partial charge in [-0.05, 0) is 43.5 Å². The van der Waals surface area contributed by atoms with Crippen LogP contribution in [0.1, 0.15) is 37.9 Å². The SMILES string of the molecule is C(=C\c1ccco1)/CN1CCC(Nc2nccc(N3CCCCCC3)n2)C1. The summed E-state index contributed by atoms with van der Waals surface area (Å²) in [6.45, 7) is 5.25. The van der Waals surface area contributed by atoms with Crippen LogP contribution in [0, 0.1) is 0 Å². The highest BCUT2D eigenvalue weighted by Gasteiger charge is 2.22. The minimum absolute atomic E-state index is 0.404. The molecule has 2 aromatic rings. The molecule has 0 saturated carbocycles. The van der Waals surface area contributed by atoms with E-state index in [-0.39, 0.29) is 0 Å². The average Bonchev–Trinajstić information content (AvgIpc) is 3.28. The van der Waals surface area contributed by atoms with E-state index in [9.17, 15) is 0 Å². The molecule has 0 spiro atoms. The van der Waals surface area contributed by atoms with Gasteiger partial charge in [0.05, 0.1) is 6.26 Å². The fourth-order valence-corrected chi connectivity index (χ4v) is 3.90. The number of aromatic nitrogens is 2. The second-order valence-electron chi connectivity index (χ2n) is 7.45. The minimum atomic E-state index is 0.404. The quantitative estimate of drug-likeness (QED) is 0.841. The van der Waals surface area contributed by atoms with Crippen molar-refractivity contribution in [2.24, 2.45) is 0 Å². The third kappa shape index (κ3) is 5.10. The van der Waals surface area contributed by atoms with Gasteiger partial charge in [0.25, 0.3) is 0 Å². The van der Waals surface area contributed by atoms with Crippen LogP contribution in [0.15, 0.2) is 41.2 Å². The van der Waals surface area contributed by atoms with Crippen LogP contribution in [0.2, 0.25) is 0 Å². The van der Waals surface area contributed by atoms with Gasteiger partial charge in [-0.3, -0.25) is 4.90 Å². The monoisotopic (exact) mass is 367 g/mol. The molecule has 2 aromatic heterocycles. The van der Waals surface area contributed by atoms with Gasteiger partial charge in [0.15, 0.2) is 0 Å². The molecule has 1 unspecified atom stereocenters. The van der Waals surface area contributed by atoms with Crippen LogP contribution in [-0.2, 0) is 0 Å². The summed E-state index contributed by atoms with van der Waals surface area (Å²) in [6.07, 6.45) is 14.1. The van der Waals surface area contributed by atoms with E-state index in [1.165, 1.54) is 25.7 Å². The van der Waals surface area contributed by atoms with Gasteiger partial charge in [0, 0.05) is 45.0 Å². The van der Waals surface area contributed by atoms with Crippen molar-refractivity contribution in [3.8, 4) is 0 Å². The maximum atomic E-state index is 5.33. The molecule has 1 atom stereocenters. The van der Waals surface area contributed by atoms with E-state index in [0.717, 1.165) is 56.7 Å². The largest absolute Gasteiger partial charge is 0.465 e. The first-order valence-electron chi connectivity index (χ1n) is 10.1. The fourth-order valence-electron chi connectivity index (χ4n) is 3.90. The Kier molecular flexibility index (Phi) is 6.04. The molecule has 0 aliphatic carbocycles. The number of nitrogens with one attached hydrogen (secondary N) is 1. The summed E-state index contributed by atoms with van der Waals surface area (Å²) in [5, 5.41) is 3.54. The molecular weight excluding hydrogens is 338 g/mol. The van der Waals surface area contributed by atoms with Gasteiger partial charge in [0.2, 0.25) is 5.95 Å². The van der Waals surface area contributed by atoms with Crippen molar-refractivity contribution in [2.45, 2.75) is 38.1 Å². The number of hydrogen-bond acceptors (Lipinski definition) is 6. The molecule has 0 bridgehead atoms.